The zero-order valence-electron chi connectivity index (χ0n) is 23.0. The number of nitrogens with zero attached hydrogens (tertiary/aromatic N) is 1. The molecule has 9 nitrogen and oxygen atoms in total. The van der Waals surface area contributed by atoms with Crippen molar-refractivity contribution in [2.24, 2.45) is 5.92 Å². The fraction of sp³-hybridized carbons (Fsp3) is 0.323. The first-order valence-corrected chi connectivity index (χ1v) is 13.9. The first kappa shape index (κ1) is 29.9. The Hall–Kier alpha value is -4.08. The van der Waals surface area contributed by atoms with Gasteiger partial charge in [-0.1, -0.05) is 67.1 Å². The molecule has 3 aromatic rings. The number of aliphatic hydroxyl groups is 1. The molecule has 0 radical (unpaired) electrons. The Kier molecular flexibility index (Phi) is 9.52. The van der Waals surface area contributed by atoms with E-state index in [1.807, 2.05) is 30.3 Å². The lowest BCUT2D eigenvalue weighted by Crippen LogP contribution is -2.52. The van der Waals surface area contributed by atoms with E-state index in [0.717, 1.165) is 5.56 Å². The summed E-state index contributed by atoms with van der Waals surface area (Å²) in [6, 6.07) is 17.8. The third-order valence-electron chi connectivity index (χ3n) is 7.58. The summed E-state index contributed by atoms with van der Waals surface area (Å²) in [5, 5.41) is 26.7. The van der Waals surface area contributed by atoms with Crippen molar-refractivity contribution >= 4 is 35.0 Å². The van der Waals surface area contributed by atoms with E-state index in [4.69, 9.17) is 17.3 Å². The van der Waals surface area contributed by atoms with Gasteiger partial charge >= 0.3 is 0 Å². The number of nitrogens with one attached hydrogen (secondary N) is 2. The molecule has 0 aliphatic carbocycles. The number of amides is 3. The number of hydrogen-bond donors (Lipinski definition) is 5. The minimum absolute atomic E-state index is 0.000713. The van der Waals surface area contributed by atoms with Gasteiger partial charge in [0.05, 0.1) is 22.7 Å². The zero-order valence-corrected chi connectivity index (χ0v) is 23.8. The predicted molar refractivity (Wildman–Crippen MR) is 157 cm³/mol. The van der Waals surface area contributed by atoms with Crippen molar-refractivity contribution in [3.05, 3.63) is 94.0 Å². The van der Waals surface area contributed by atoms with Gasteiger partial charge < -0.3 is 31.5 Å². The van der Waals surface area contributed by atoms with Crippen molar-refractivity contribution in [2.45, 2.75) is 51.4 Å². The minimum Gasteiger partial charge on any atom is -0.508 e. The number of nitrogen functional groups attached to an aromatic ring is 1. The SMILES string of the molecule is Cc1c(O)cccc1C(=O)N[C@@H](Cc1ccccc1)[C@H](C)C(=O)N1C[C@H](O)C[C@H]1C(=O)NCc1cccc(N)c1Cl. The average Bonchev–Trinajstić information content (AvgIpc) is 3.36. The summed E-state index contributed by atoms with van der Waals surface area (Å²) in [7, 11) is 0. The van der Waals surface area contributed by atoms with Gasteiger partial charge in [0.15, 0.2) is 0 Å². The molecule has 3 aromatic carbocycles. The molecule has 1 aliphatic heterocycles. The van der Waals surface area contributed by atoms with Crippen LogP contribution in [0, 0.1) is 12.8 Å². The molecule has 0 bridgehead atoms. The van der Waals surface area contributed by atoms with E-state index in [9.17, 15) is 24.6 Å². The van der Waals surface area contributed by atoms with Crippen LogP contribution in [0.1, 0.15) is 40.4 Å². The molecule has 1 saturated heterocycles. The molecule has 4 atom stereocenters. The molecule has 0 unspecified atom stereocenters. The van der Waals surface area contributed by atoms with Crippen LogP contribution < -0.4 is 16.4 Å². The quantitative estimate of drug-likeness (QED) is 0.247. The van der Waals surface area contributed by atoms with Gasteiger partial charge in [0.25, 0.3) is 5.91 Å². The maximum atomic E-state index is 13.9. The largest absolute Gasteiger partial charge is 0.508 e. The predicted octanol–water partition coefficient (Wildman–Crippen LogP) is 3.19. The Labute approximate surface area is 244 Å². The number of phenolic OH excluding ortho intramolecular Hbond substituents is 1. The molecule has 1 heterocycles. The van der Waals surface area contributed by atoms with Crippen molar-refractivity contribution in [3.63, 3.8) is 0 Å². The van der Waals surface area contributed by atoms with E-state index in [-0.39, 0.29) is 31.2 Å². The molecule has 0 aromatic heterocycles. The summed E-state index contributed by atoms with van der Waals surface area (Å²) < 4.78 is 0. The van der Waals surface area contributed by atoms with Gasteiger partial charge in [-0.05, 0) is 42.7 Å². The standard InChI is InChI=1S/C31H35ClN4O5/c1-18-23(11-7-13-27(18)38)29(39)35-25(14-20-8-4-3-5-9-20)19(2)31(41)36-17-22(37)15-26(36)30(40)34-16-21-10-6-12-24(33)28(21)32/h3-13,19,22,25-26,37-38H,14-17,33H2,1-2H3,(H,34,40)(H,35,39)/t19-,22+,25-,26-/m0/s1. The van der Waals surface area contributed by atoms with E-state index in [0.29, 0.717) is 33.8 Å². The third kappa shape index (κ3) is 6.99. The summed E-state index contributed by atoms with van der Waals surface area (Å²) in [6.07, 6.45) is -0.416. The summed E-state index contributed by atoms with van der Waals surface area (Å²) in [4.78, 5) is 41.7. The number of carbonyl (C=O) groups excluding carboxylic acids is 3. The number of anilines is 1. The van der Waals surface area contributed by atoms with Gasteiger partial charge in [-0.15, -0.1) is 0 Å². The second kappa shape index (κ2) is 13.1. The second-order valence-corrected chi connectivity index (χ2v) is 10.8. The summed E-state index contributed by atoms with van der Waals surface area (Å²) in [5.74, 6) is -1.94. The number of likely N-dealkylation sites (tertiary alicyclic amines) is 1. The van der Waals surface area contributed by atoms with Crippen LogP contribution in [0.3, 0.4) is 0 Å². The Bertz CT molecular complexity index is 1420. The van der Waals surface area contributed by atoms with Crippen molar-refractivity contribution in [2.75, 3.05) is 12.3 Å². The van der Waals surface area contributed by atoms with Crippen molar-refractivity contribution < 1.29 is 24.6 Å². The summed E-state index contributed by atoms with van der Waals surface area (Å²) in [6.45, 7) is 3.47. The lowest BCUT2D eigenvalue weighted by atomic mass is 9.92. The van der Waals surface area contributed by atoms with Crippen molar-refractivity contribution in [1.29, 1.82) is 0 Å². The smallest absolute Gasteiger partial charge is 0.251 e. The van der Waals surface area contributed by atoms with E-state index >= 15 is 0 Å². The van der Waals surface area contributed by atoms with Gasteiger partial charge in [-0.2, -0.15) is 0 Å². The fourth-order valence-corrected chi connectivity index (χ4v) is 5.31. The average molecular weight is 579 g/mol. The highest BCUT2D eigenvalue weighted by atomic mass is 35.5. The Morgan fingerprint density at radius 3 is 2.51 bits per heavy atom. The van der Waals surface area contributed by atoms with Gasteiger partial charge in [0.1, 0.15) is 11.8 Å². The number of β-amino-alcohol motifs (C(OH)–C–C–N with tert-alkyl or cyclic N) is 1. The minimum atomic E-state index is -0.888. The number of carbonyl (C=O) groups is 3. The number of halogens is 1. The number of phenols is 1. The number of benzene rings is 3. The van der Waals surface area contributed by atoms with Crippen LogP contribution in [-0.4, -0.2) is 57.6 Å². The first-order valence-electron chi connectivity index (χ1n) is 13.5. The molecule has 1 aliphatic rings. The fourth-order valence-electron chi connectivity index (χ4n) is 5.11. The number of rotatable bonds is 9. The topological polar surface area (TPSA) is 145 Å². The zero-order chi connectivity index (χ0) is 29.7. The normalized spacial score (nSPS) is 18.0. The lowest BCUT2D eigenvalue weighted by Gasteiger charge is -2.31. The van der Waals surface area contributed by atoms with Crippen molar-refractivity contribution in [3.8, 4) is 5.75 Å². The van der Waals surface area contributed by atoms with Crippen LogP contribution in [0.15, 0.2) is 66.7 Å². The van der Waals surface area contributed by atoms with E-state index in [1.54, 1.807) is 44.2 Å². The number of hydrogen-bond acceptors (Lipinski definition) is 6. The highest BCUT2D eigenvalue weighted by Crippen LogP contribution is 2.26. The van der Waals surface area contributed by atoms with E-state index in [2.05, 4.69) is 10.6 Å². The van der Waals surface area contributed by atoms with Crippen LogP contribution in [0.2, 0.25) is 5.02 Å². The van der Waals surface area contributed by atoms with Crippen LogP contribution in [0.4, 0.5) is 5.69 Å². The molecule has 6 N–H and O–H groups in total. The molecular weight excluding hydrogens is 544 g/mol. The van der Waals surface area contributed by atoms with Gasteiger partial charge in [-0.25, -0.2) is 0 Å². The van der Waals surface area contributed by atoms with E-state index < -0.39 is 35.9 Å². The molecule has 0 spiro atoms. The highest BCUT2D eigenvalue weighted by Gasteiger charge is 2.42. The molecule has 3 amide bonds. The maximum Gasteiger partial charge on any atom is 0.251 e. The van der Waals surface area contributed by atoms with Crippen LogP contribution in [0.25, 0.3) is 0 Å². The molecule has 216 valence electrons. The first-order chi connectivity index (χ1) is 19.6. The molecular formula is C31H35ClN4O5. The summed E-state index contributed by atoms with van der Waals surface area (Å²) >= 11 is 6.26. The summed E-state index contributed by atoms with van der Waals surface area (Å²) in [5.41, 5.74) is 8.54. The van der Waals surface area contributed by atoms with Crippen molar-refractivity contribution in [1.82, 2.24) is 15.5 Å². The number of nitrogens with two attached hydrogens (primary N) is 1. The van der Waals surface area contributed by atoms with Gasteiger partial charge in [0, 0.05) is 36.7 Å². The highest BCUT2D eigenvalue weighted by molar-refractivity contribution is 6.33. The molecule has 41 heavy (non-hydrogen) atoms. The molecule has 10 heteroatoms. The second-order valence-electron chi connectivity index (χ2n) is 10.4. The Morgan fingerprint density at radius 1 is 1.07 bits per heavy atom. The third-order valence-corrected chi connectivity index (χ3v) is 8.05. The van der Waals surface area contributed by atoms with Crippen LogP contribution in [0.5, 0.6) is 5.75 Å². The van der Waals surface area contributed by atoms with Crippen LogP contribution >= 0.6 is 11.6 Å². The number of aromatic hydroxyl groups is 1. The molecule has 0 saturated carbocycles. The Morgan fingerprint density at radius 2 is 1.78 bits per heavy atom. The Balaban J connectivity index is 1.53. The van der Waals surface area contributed by atoms with Crippen LogP contribution in [-0.2, 0) is 22.6 Å². The number of aliphatic hydroxyl groups excluding tert-OH is 1. The molecule has 4 rings (SSSR count). The monoisotopic (exact) mass is 578 g/mol. The lowest BCUT2D eigenvalue weighted by molar-refractivity contribution is -0.142. The van der Waals surface area contributed by atoms with E-state index in [1.165, 1.54) is 11.0 Å². The van der Waals surface area contributed by atoms with Gasteiger partial charge in [0.2, 0.25) is 11.8 Å². The maximum absolute atomic E-state index is 13.9. The van der Waals surface area contributed by atoms with Gasteiger partial charge in [-0.3, -0.25) is 14.4 Å². The molecule has 1 fully saturated rings.